The fourth-order valence-corrected chi connectivity index (χ4v) is 1.08. The first-order valence-electron chi connectivity index (χ1n) is 4.60. The number of carbonyl (C=O) groups excluding carboxylic acids is 1. The highest BCUT2D eigenvalue weighted by Gasteiger charge is 2.08. The molecule has 0 spiro atoms. The van der Waals surface area contributed by atoms with E-state index in [0.29, 0.717) is 11.8 Å². The van der Waals surface area contributed by atoms with Crippen LogP contribution < -0.4 is 10.6 Å². The molecule has 7 heteroatoms. The molecule has 0 aliphatic rings. The lowest BCUT2D eigenvalue weighted by atomic mass is 10.4. The number of hydrogen-bond acceptors (Lipinski definition) is 5. The normalized spacial score (nSPS) is 9.81. The highest BCUT2D eigenvalue weighted by Crippen LogP contribution is 2.02. The van der Waals surface area contributed by atoms with Gasteiger partial charge < -0.3 is 10.3 Å². The summed E-state index contributed by atoms with van der Waals surface area (Å²) in [5, 5.41) is 5.36. The minimum absolute atomic E-state index is 0.232. The SMILES string of the molecule is CNc1cnc(C(=O)Nc2ncc[nH]2)cn1. The summed E-state index contributed by atoms with van der Waals surface area (Å²) in [6, 6.07) is 0. The molecule has 0 bridgehead atoms. The number of amides is 1. The van der Waals surface area contributed by atoms with Crippen molar-refractivity contribution in [3.05, 3.63) is 30.5 Å². The minimum Gasteiger partial charge on any atom is -0.372 e. The van der Waals surface area contributed by atoms with Crippen LogP contribution in [-0.4, -0.2) is 32.9 Å². The van der Waals surface area contributed by atoms with Gasteiger partial charge in [-0.05, 0) is 0 Å². The van der Waals surface area contributed by atoms with Gasteiger partial charge in [0.2, 0.25) is 5.95 Å². The monoisotopic (exact) mass is 218 g/mol. The molecule has 16 heavy (non-hydrogen) atoms. The van der Waals surface area contributed by atoms with Gasteiger partial charge in [-0.3, -0.25) is 10.1 Å². The van der Waals surface area contributed by atoms with Crippen LogP contribution >= 0.6 is 0 Å². The summed E-state index contributed by atoms with van der Waals surface area (Å²) in [5.41, 5.74) is 0.232. The Morgan fingerprint density at radius 2 is 2.19 bits per heavy atom. The number of anilines is 2. The molecule has 2 aromatic rings. The Morgan fingerprint density at radius 1 is 1.31 bits per heavy atom. The van der Waals surface area contributed by atoms with Gasteiger partial charge in [0.05, 0.1) is 12.4 Å². The largest absolute Gasteiger partial charge is 0.372 e. The van der Waals surface area contributed by atoms with Crippen LogP contribution in [0.5, 0.6) is 0 Å². The molecule has 0 unspecified atom stereocenters. The zero-order valence-electron chi connectivity index (χ0n) is 8.56. The third-order valence-corrected chi connectivity index (χ3v) is 1.87. The van der Waals surface area contributed by atoms with E-state index in [4.69, 9.17) is 0 Å². The highest BCUT2D eigenvalue weighted by molar-refractivity contribution is 6.01. The summed E-state index contributed by atoms with van der Waals surface area (Å²) in [6.45, 7) is 0. The van der Waals surface area contributed by atoms with Gasteiger partial charge in [0, 0.05) is 19.4 Å². The number of imidazole rings is 1. The molecule has 2 rings (SSSR count). The predicted molar refractivity (Wildman–Crippen MR) is 58.1 cm³/mol. The first-order valence-corrected chi connectivity index (χ1v) is 4.60. The summed E-state index contributed by atoms with van der Waals surface area (Å²) in [5.74, 6) is 0.629. The molecule has 7 nitrogen and oxygen atoms in total. The summed E-state index contributed by atoms with van der Waals surface area (Å²) in [4.78, 5) is 26.2. The van der Waals surface area contributed by atoms with Crippen molar-refractivity contribution in [2.75, 3.05) is 17.7 Å². The minimum atomic E-state index is -0.356. The quantitative estimate of drug-likeness (QED) is 0.697. The second-order valence-corrected chi connectivity index (χ2v) is 2.93. The maximum Gasteiger partial charge on any atom is 0.278 e. The van der Waals surface area contributed by atoms with E-state index in [1.54, 1.807) is 19.4 Å². The topological polar surface area (TPSA) is 95.6 Å². The average molecular weight is 218 g/mol. The third-order valence-electron chi connectivity index (χ3n) is 1.87. The molecular weight excluding hydrogens is 208 g/mol. The lowest BCUT2D eigenvalue weighted by Crippen LogP contribution is -2.15. The van der Waals surface area contributed by atoms with Crippen LogP contribution in [0.1, 0.15) is 10.5 Å². The molecule has 0 radical (unpaired) electrons. The van der Waals surface area contributed by atoms with Gasteiger partial charge in [-0.1, -0.05) is 0 Å². The standard InChI is InChI=1S/C9H10N6O/c1-10-7-5-13-6(4-14-7)8(16)15-9-11-2-3-12-9/h2-5H,1H3,(H,10,14)(H2,11,12,15,16). The molecule has 0 aliphatic carbocycles. The van der Waals surface area contributed by atoms with Crippen LogP contribution in [0.25, 0.3) is 0 Å². The Labute approximate surface area is 91.3 Å². The number of carbonyl (C=O) groups is 1. The number of aromatic nitrogens is 4. The van der Waals surface area contributed by atoms with Crippen molar-refractivity contribution in [2.45, 2.75) is 0 Å². The van der Waals surface area contributed by atoms with Crippen molar-refractivity contribution >= 4 is 17.7 Å². The van der Waals surface area contributed by atoms with Gasteiger partial charge in [-0.15, -0.1) is 0 Å². The van der Waals surface area contributed by atoms with Gasteiger partial charge in [0.25, 0.3) is 5.91 Å². The third kappa shape index (κ3) is 2.14. The van der Waals surface area contributed by atoms with Crippen molar-refractivity contribution < 1.29 is 4.79 Å². The van der Waals surface area contributed by atoms with E-state index in [1.165, 1.54) is 12.4 Å². The molecule has 0 saturated carbocycles. The molecule has 82 valence electrons. The summed E-state index contributed by atoms with van der Waals surface area (Å²) in [6.07, 6.45) is 6.04. The van der Waals surface area contributed by atoms with E-state index in [9.17, 15) is 4.79 Å². The number of aromatic amines is 1. The maximum absolute atomic E-state index is 11.6. The van der Waals surface area contributed by atoms with Crippen LogP contribution in [0.4, 0.5) is 11.8 Å². The molecule has 0 aromatic carbocycles. The van der Waals surface area contributed by atoms with Crippen LogP contribution in [-0.2, 0) is 0 Å². The molecular formula is C9H10N6O. The Balaban J connectivity index is 2.09. The zero-order chi connectivity index (χ0) is 11.4. The highest BCUT2D eigenvalue weighted by atomic mass is 16.2. The van der Waals surface area contributed by atoms with Crippen molar-refractivity contribution in [1.82, 2.24) is 19.9 Å². The molecule has 2 heterocycles. The van der Waals surface area contributed by atoms with Gasteiger partial charge in [-0.25, -0.2) is 15.0 Å². The summed E-state index contributed by atoms with van der Waals surface area (Å²) < 4.78 is 0. The molecule has 1 amide bonds. The van der Waals surface area contributed by atoms with Crippen molar-refractivity contribution in [1.29, 1.82) is 0 Å². The van der Waals surface area contributed by atoms with Crippen molar-refractivity contribution in [3.8, 4) is 0 Å². The fraction of sp³-hybridized carbons (Fsp3) is 0.111. The molecule has 0 atom stereocenters. The van der Waals surface area contributed by atoms with E-state index in [-0.39, 0.29) is 11.6 Å². The first kappa shape index (κ1) is 10.1. The second kappa shape index (κ2) is 4.39. The van der Waals surface area contributed by atoms with E-state index in [1.807, 2.05) is 0 Å². The Kier molecular flexibility index (Phi) is 2.77. The Hall–Kier alpha value is -2.44. The Bertz CT molecular complexity index is 463. The van der Waals surface area contributed by atoms with Crippen LogP contribution in [0.2, 0.25) is 0 Å². The maximum atomic E-state index is 11.6. The number of nitrogens with one attached hydrogen (secondary N) is 3. The lowest BCUT2D eigenvalue weighted by Gasteiger charge is -2.01. The number of nitrogens with zero attached hydrogens (tertiary/aromatic N) is 3. The summed E-state index contributed by atoms with van der Waals surface area (Å²) >= 11 is 0. The van der Waals surface area contributed by atoms with E-state index < -0.39 is 0 Å². The fourth-order valence-electron chi connectivity index (χ4n) is 1.08. The van der Waals surface area contributed by atoms with Crippen LogP contribution in [0.15, 0.2) is 24.8 Å². The van der Waals surface area contributed by atoms with Gasteiger partial charge in [-0.2, -0.15) is 0 Å². The van der Waals surface area contributed by atoms with Crippen LogP contribution in [0.3, 0.4) is 0 Å². The summed E-state index contributed by atoms with van der Waals surface area (Å²) in [7, 11) is 1.73. The van der Waals surface area contributed by atoms with Gasteiger partial charge >= 0.3 is 0 Å². The lowest BCUT2D eigenvalue weighted by molar-refractivity contribution is 0.102. The molecule has 0 fully saturated rings. The zero-order valence-corrected chi connectivity index (χ0v) is 8.56. The van der Waals surface area contributed by atoms with E-state index in [0.717, 1.165) is 0 Å². The van der Waals surface area contributed by atoms with Crippen molar-refractivity contribution in [3.63, 3.8) is 0 Å². The molecule has 3 N–H and O–H groups in total. The van der Waals surface area contributed by atoms with E-state index >= 15 is 0 Å². The van der Waals surface area contributed by atoms with Gasteiger partial charge in [0.15, 0.2) is 0 Å². The van der Waals surface area contributed by atoms with E-state index in [2.05, 4.69) is 30.6 Å². The average Bonchev–Trinajstić information content (AvgIpc) is 2.82. The number of rotatable bonds is 3. The molecule has 0 saturated heterocycles. The van der Waals surface area contributed by atoms with Gasteiger partial charge in [0.1, 0.15) is 11.5 Å². The predicted octanol–water partition coefficient (Wildman–Crippen LogP) is 0.494. The molecule has 2 aromatic heterocycles. The first-order chi connectivity index (χ1) is 7.79. The number of H-pyrrole nitrogens is 1. The van der Waals surface area contributed by atoms with Crippen molar-refractivity contribution in [2.24, 2.45) is 0 Å². The van der Waals surface area contributed by atoms with Crippen LogP contribution in [0, 0.1) is 0 Å². The smallest absolute Gasteiger partial charge is 0.278 e. The Morgan fingerprint density at radius 3 is 2.75 bits per heavy atom. The molecule has 0 aliphatic heterocycles. The number of hydrogen-bond donors (Lipinski definition) is 3. The second-order valence-electron chi connectivity index (χ2n) is 2.93.